The predicted molar refractivity (Wildman–Crippen MR) is 71.6 cm³/mol. The van der Waals surface area contributed by atoms with Crippen molar-refractivity contribution in [1.29, 1.82) is 0 Å². The molecule has 0 aliphatic carbocycles. The molecule has 3 rings (SSSR count). The molecule has 5 nitrogen and oxygen atoms in total. The zero-order valence-electron chi connectivity index (χ0n) is 10.2. The van der Waals surface area contributed by atoms with Crippen LogP contribution in [-0.4, -0.2) is 28.6 Å². The first-order valence-corrected chi connectivity index (χ1v) is 6.58. The van der Waals surface area contributed by atoms with Gasteiger partial charge in [-0.1, -0.05) is 11.6 Å². The number of benzene rings is 1. The zero-order chi connectivity index (χ0) is 13.4. The summed E-state index contributed by atoms with van der Waals surface area (Å²) in [5.41, 5.74) is 1.27. The van der Waals surface area contributed by atoms with Gasteiger partial charge in [-0.2, -0.15) is 4.98 Å². The number of fused-ring (bicyclic) bond motifs is 1. The standard InChI is InChI=1S/C13H13ClN2O3/c14-8-4-5-11-9(7-8)15-13(19-11)16-6-2-1-3-10(16)12(17)18/h4-5,7,10H,1-3,6H2,(H,17,18)/t10-/m0/s1. The van der Waals surface area contributed by atoms with Crippen molar-refractivity contribution < 1.29 is 14.3 Å². The molecule has 1 atom stereocenters. The third kappa shape index (κ3) is 2.26. The third-order valence-corrected chi connectivity index (χ3v) is 3.61. The van der Waals surface area contributed by atoms with E-state index in [1.165, 1.54) is 0 Å². The Labute approximate surface area is 114 Å². The van der Waals surface area contributed by atoms with Crippen LogP contribution in [0.3, 0.4) is 0 Å². The third-order valence-electron chi connectivity index (χ3n) is 3.37. The minimum absolute atomic E-state index is 0.365. The van der Waals surface area contributed by atoms with Gasteiger partial charge in [0.05, 0.1) is 0 Å². The first kappa shape index (κ1) is 12.3. The van der Waals surface area contributed by atoms with Crippen molar-refractivity contribution in [2.45, 2.75) is 25.3 Å². The van der Waals surface area contributed by atoms with Crippen molar-refractivity contribution in [1.82, 2.24) is 4.98 Å². The molecule has 0 unspecified atom stereocenters. The summed E-state index contributed by atoms with van der Waals surface area (Å²) in [7, 11) is 0. The highest BCUT2D eigenvalue weighted by atomic mass is 35.5. The molecule has 1 aliphatic rings. The fourth-order valence-electron chi connectivity index (χ4n) is 2.43. The van der Waals surface area contributed by atoms with E-state index in [4.69, 9.17) is 16.0 Å². The zero-order valence-corrected chi connectivity index (χ0v) is 10.9. The molecule has 2 aromatic rings. The van der Waals surface area contributed by atoms with Gasteiger partial charge in [-0.25, -0.2) is 4.79 Å². The fraction of sp³-hybridized carbons (Fsp3) is 0.385. The highest BCUT2D eigenvalue weighted by Gasteiger charge is 2.31. The largest absolute Gasteiger partial charge is 0.480 e. The van der Waals surface area contributed by atoms with E-state index in [9.17, 15) is 9.90 Å². The molecule has 100 valence electrons. The number of carboxylic acid groups (broad SMARTS) is 1. The molecular formula is C13H13ClN2O3. The molecule has 1 aromatic carbocycles. The van der Waals surface area contributed by atoms with Gasteiger partial charge in [0, 0.05) is 11.6 Å². The van der Waals surface area contributed by atoms with Crippen LogP contribution >= 0.6 is 11.6 Å². The van der Waals surface area contributed by atoms with Gasteiger partial charge in [0.15, 0.2) is 5.58 Å². The lowest BCUT2D eigenvalue weighted by Crippen LogP contribution is -2.44. The van der Waals surface area contributed by atoms with Crippen LogP contribution in [0.15, 0.2) is 22.6 Å². The van der Waals surface area contributed by atoms with Crippen molar-refractivity contribution in [3.8, 4) is 0 Å². The van der Waals surface area contributed by atoms with Crippen LogP contribution in [0.25, 0.3) is 11.1 Å². The van der Waals surface area contributed by atoms with Gasteiger partial charge in [0.25, 0.3) is 6.01 Å². The van der Waals surface area contributed by atoms with Crippen molar-refractivity contribution in [2.24, 2.45) is 0 Å². The van der Waals surface area contributed by atoms with Crippen LogP contribution in [0.4, 0.5) is 6.01 Å². The molecule has 1 fully saturated rings. The summed E-state index contributed by atoms with van der Waals surface area (Å²) in [5.74, 6) is -0.833. The van der Waals surface area contributed by atoms with Gasteiger partial charge in [-0.05, 0) is 37.5 Å². The first-order chi connectivity index (χ1) is 9.15. The summed E-state index contributed by atoms with van der Waals surface area (Å²) in [6, 6.07) is 4.99. The van der Waals surface area contributed by atoms with Crippen molar-refractivity contribution in [2.75, 3.05) is 11.4 Å². The smallest absolute Gasteiger partial charge is 0.326 e. The monoisotopic (exact) mass is 280 g/mol. The number of rotatable bonds is 2. The number of aromatic nitrogens is 1. The van der Waals surface area contributed by atoms with Gasteiger partial charge < -0.3 is 14.4 Å². The number of hydrogen-bond donors (Lipinski definition) is 1. The number of piperidine rings is 1. The normalized spacial score (nSPS) is 19.8. The number of oxazole rings is 1. The molecule has 2 heterocycles. The van der Waals surface area contributed by atoms with E-state index in [-0.39, 0.29) is 0 Å². The van der Waals surface area contributed by atoms with Crippen LogP contribution in [0.2, 0.25) is 5.02 Å². The summed E-state index contributed by atoms with van der Waals surface area (Å²) in [5, 5.41) is 9.84. The van der Waals surface area contributed by atoms with Crippen LogP contribution in [0.5, 0.6) is 0 Å². The molecule has 0 bridgehead atoms. The minimum atomic E-state index is -0.833. The molecule has 0 amide bonds. The van der Waals surface area contributed by atoms with Gasteiger partial charge in [0.2, 0.25) is 0 Å². The van der Waals surface area contributed by atoms with Crippen LogP contribution < -0.4 is 4.90 Å². The number of nitrogens with zero attached hydrogens (tertiary/aromatic N) is 2. The van der Waals surface area contributed by atoms with E-state index in [1.807, 2.05) is 0 Å². The molecule has 19 heavy (non-hydrogen) atoms. The summed E-state index contributed by atoms with van der Waals surface area (Å²) in [4.78, 5) is 17.3. The molecular weight excluding hydrogens is 268 g/mol. The average Bonchev–Trinajstić information content (AvgIpc) is 2.81. The minimum Gasteiger partial charge on any atom is -0.480 e. The lowest BCUT2D eigenvalue weighted by molar-refractivity contribution is -0.139. The van der Waals surface area contributed by atoms with E-state index >= 15 is 0 Å². The maximum Gasteiger partial charge on any atom is 0.326 e. The fourth-order valence-corrected chi connectivity index (χ4v) is 2.59. The number of carboxylic acids is 1. The first-order valence-electron chi connectivity index (χ1n) is 6.21. The quantitative estimate of drug-likeness (QED) is 0.916. The molecule has 1 N–H and O–H groups in total. The van der Waals surface area contributed by atoms with Crippen molar-refractivity contribution in [3.63, 3.8) is 0 Å². The Hall–Kier alpha value is -1.75. The Morgan fingerprint density at radius 1 is 1.47 bits per heavy atom. The Bertz CT molecular complexity index is 625. The SMILES string of the molecule is O=C(O)[C@@H]1CCCCN1c1nc2cc(Cl)ccc2o1. The summed E-state index contributed by atoms with van der Waals surface area (Å²) in [6.45, 7) is 0.650. The second-order valence-electron chi connectivity index (χ2n) is 4.65. The number of aliphatic carboxylic acids is 1. The van der Waals surface area contributed by atoms with E-state index in [0.717, 1.165) is 12.8 Å². The molecule has 1 saturated heterocycles. The summed E-state index contributed by atoms with van der Waals surface area (Å²) in [6.07, 6.45) is 2.48. The van der Waals surface area contributed by atoms with E-state index in [0.29, 0.717) is 35.1 Å². The average molecular weight is 281 g/mol. The van der Waals surface area contributed by atoms with E-state index in [1.54, 1.807) is 23.1 Å². The lowest BCUT2D eigenvalue weighted by Gasteiger charge is -2.31. The van der Waals surface area contributed by atoms with Gasteiger partial charge >= 0.3 is 5.97 Å². The summed E-state index contributed by atoms with van der Waals surface area (Å²) < 4.78 is 5.64. The maximum absolute atomic E-state index is 11.3. The maximum atomic E-state index is 11.3. The second kappa shape index (κ2) is 4.74. The van der Waals surface area contributed by atoms with E-state index < -0.39 is 12.0 Å². The predicted octanol–water partition coefficient (Wildman–Crippen LogP) is 2.92. The van der Waals surface area contributed by atoms with Crippen LogP contribution in [-0.2, 0) is 4.79 Å². The van der Waals surface area contributed by atoms with Crippen LogP contribution in [0.1, 0.15) is 19.3 Å². The Balaban J connectivity index is 1.99. The van der Waals surface area contributed by atoms with Gasteiger partial charge in [0.1, 0.15) is 11.6 Å². The Morgan fingerprint density at radius 3 is 3.11 bits per heavy atom. The van der Waals surface area contributed by atoms with Crippen molar-refractivity contribution in [3.05, 3.63) is 23.2 Å². The molecule has 6 heteroatoms. The highest BCUT2D eigenvalue weighted by Crippen LogP contribution is 2.29. The number of carbonyl (C=O) groups is 1. The Kier molecular flexibility index (Phi) is 3.06. The number of halogens is 1. The molecule has 1 aromatic heterocycles. The summed E-state index contributed by atoms with van der Waals surface area (Å²) >= 11 is 5.90. The lowest BCUT2D eigenvalue weighted by atomic mass is 10.0. The molecule has 1 aliphatic heterocycles. The highest BCUT2D eigenvalue weighted by molar-refractivity contribution is 6.31. The molecule has 0 radical (unpaired) electrons. The van der Waals surface area contributed by atoms with Gasteiger partial charge in [-0.3, -0.25) is 0 Å². The Morgan fingerprint density at radius 2 is 2.32 bits per heavy atom. The topological polar surface area (TPSA) is 66.6 Å². The van der Waals surface area contributed by atoms with Crippen LogP contribution in [0, 0.1) is 0 Å². The molecule has 0 saturated carbocycles. The molecule has 0 spiro atoms. The van der Waals surface area contributed by atoms with Crippen molar-refractivity contribution >= 4 is 34.7 Å². The number of hydrogen-bond acceptors (Lipinski definition) is 4. The number of anilines is 1. The second-order valence-corrected chi connectivity index (χ2v) is 5.09. The van der Waals surface area contributed by atoms with E-state index in [2.05, 4.69) is 4.98 Å². The van der Waals surface area contributed by atoms with Gasteiger partial charge in [-0.15, -0.1) is 0 Å².